The number of ether oxygens (including phenoxy) is 1. The Balaban J connectivity index is 2.68. The Morgan fingerprint density at radius 1 is 1.67 bits per heavy atom. The van der Waals surface area contributed by atoms with Crippen molar-refractivity contribution in [3.63, 3.8) is 0 Å². The highest BCUT2D eigenvalue weighted by molar-refractivity contribution is 5.76. The fourth-order valence-corrected chi connectivity index (χ4v) is 1.10. The number of carbonyl (C=O) groups excluding carboxylic acids is 1. The van der Waals surface area contributed by atoms with E-state index in [4.69, 9.17) is 10.5 Å². The lowest BCUT2D eigenvalue weighted by Crippen LogP contribution is -2.38. The van der Waals surface area contributed by atoms with Crippen LogP contribution in [0.5, 0.6) is 0 Å². The molecule has 1 rings (SSSR count). The van der Waals surface area contributed by atoms with Crippen LogP contribution >= 0.6 is 0 Å². The number of rotatable bonds is 4. The predicted molar refractivity (Wildman–Crippen MR) is 53.8 cm³/mol. The van der Waals surface area contributed by atoms with Gasteiger partial charge >= 0.3 is 5.97 Å². The van der Waals surface area contributed by atoms with E-state index in [0.29, 0.717) is 5.69 Å². The summed E-state index contributed by atoms with van der Waals surface area (Å²) >= 11 is 0. The summed E-state index contributed by atoms with van der Waals surface area (Å²) < 4.78 is 4.69. The molecular weight excluding hydrogens is 196 g/mol. The van der Waals surface area contributed by atoms with Crippen molar-refractivity contribution in [1.29, 1.82) is 0 Å². The molecule has 0 aliphatic rings. The molecule has 5 heteroatoms. The third-order valence-electron chi connectivity index (χ3n) is 1.89. The van der Waals surface area contributed by atoms with Crippen molar-refractivity contribution >= 4 is 5.97 Å². The van der Waals surface area contributed by atoms with E-state index in [0.717, 1.165) is 0 Å². The zero-order valence-corrected chi connectivity index (χ0v) is 8.46. The van der Waals surface area contributed by atoms with Crippen molar-refractivity contribution < 1.29 is 14.6 Å². The van der Waals surface area contributed by atoms with Gasteiger partial charge in [-0.15, -0.1) is 0 Å². The number of nitrogens with two attached hydrogens (primary N) is 1. The largest absolute Gasteiger partial charge is 0.465 e. The lowest BCUT2D eigenvalue weighted by molar-refractivity contribution is -0.147. The SMILES string of the molecule is CCOC(=O)C(N)C(O)c1ccccn1. The first-order valence-corrected chi connectivity index (χ1v) is 4.68. The number of hydrogen-bond donors (Lipinski definition) is 2. The van der Waals surface area contributed by atoms with Crippen molar-refractivity contribution in [2.45, 2.75) is 19.1 Å². The molecule has 15 heavy (non-hydrogen) atoms. The van der Waals surface area contributed by atoms with Crippen LogP contribution in [0, 0.1) is 0 Å². The second-order valence-corrected chi connectivity index (χ2v) is 2.98. The van der Waals surface area contributed by atoms with E-state index < -0.39 is 18.1 Å². The maximum Gasteiger partial charge on any atom is 0.326 e. The van der Waals surface area contributed by atoms with Gasteiger partial charge in [-0.05, 0) is 19.1 Å². The van der Waals surface area contributed by atoms with E-state index in [9.17, 15) is 9.90 Å². The van der Waals surface area contributed by atoms with Gasteiger partial charge in [0.2, 0.25) is 0 Å². The molecule has 5 nitrogen and oxygen atoms in total. The molecule has 2 unspecified atom stereocenters. The second kappa shape index (κ2) is 5.43. The minimum atomic E-state index is -1.13. The van der Waals surface area contributed by atoms with Gasteiger partial charge in [0, 0.05) is 6.20 Å². The maximum absolute atomic E-state index is 11.2. The van der Waals surface area contributed by atoms with Crippen LogP contribution < -0.4 is 5.73 Å². The lowest BCUT2D eigenvalue weighted by atomic mass is 10.1. The molecule has 0 saturated carbocycles. The number of aliphatic hydroxyl groups excluding tert-OH is 1. The smallest absolute Gasteiger partial charge is 0.326 e. The van der Waals surface area contributed by atoms with E-state index in [-0.39, 0.29) is 6.61 Å². The summed E-state index contributed by atoms with van der Waals surface area (Å²) in [6.07, 6.45) is 0.390. The van der Waals surface area contributed by atoms with Crippen LogP contribution in [0.4, 0.5) is 0 Å². The molecule has 0 radical (unpaired) electrons. The highest BCUT2D eigenvalue weighted by atomic mass is 16.5. The van der Waals surface area contributed by atoms with E-state index in [1.54, 1.807) is 25.1 Å². The van der Waals surface area contributed by atoms with Crippen molar-refractivity contribution in [3.05, 3.63) is 30.1 Å². The zero-order valence-electron chi connectivity index (χ0n) is 8.46. The Kier molecular flexibility index (Phi) is 4.20. The van der Waals surface area contributed by atoms with Gasteiger partial charge in [-0.2, -0.15) is 0 Å². The summed E-state index contributed by atoms with van der Waals surface area (Å²) in [5.41, 5.74) is 5.87. The number of aliphatic hydroxyl groups is 1. The zero-order chi connectivity index (χ0) is 11.3. The lowest BCUT2D eigenvalue weighted by Gasteiger charge is -2.16. The van der Waals surface area contributed by atoms with E-state index in [1.165, 1.54) is 6.20 Å². The summed E-state index contributed by atoms with van der Waals surface area (Å²) in [5.74, 6) is -0.629. The summed E-state index contributed by atoms with van der Waals surface area (Å²) in [6.45, 7) is 1.92. The highest BCUT2D eigenvalue weighted by Gasteiger charge is 2.25. The van der Waals surface area contributed by atoms with Gasteiger partial charge in [-0.25, -0.2) is 0 Å². The number of aromatic nitrogens is 1. The number of nitrogens with zero attached hydrogens (tertiary/aromatic N) is 1. The monoisotopic (exact) mass is 210 g/mol. The van der Waals surface area contributed by atoms with E-state index in [1.807, 2.05) is 0 Å². The highest BCUT2D eigenvalue weighted by Crippen LogP contribution is 2.13. The molecule has 0 aliphatic heterocycles. The van der Waals surface area contributed by atoms with Crippen LogP contribution in [0.15, 0.2) is 24.4 Å². The first kappa shape index (κ1) is 11.6. The summed E-state index contributed by atoms with van der Waals surface area (Å²) in [5, 5.41) is 9.70. The number of hydrogen-bond acceptors (Lipinski definition) is 5. The fraction of sp³-hybridized carbons (Fsp3) is 0.400. The molecule has 1 heterocycles. The average Bonchev–Trinajstić information content (AvgIpc) is 2.28. The van der Waals surface area contributed by atoms with E-state index >= 15 is 0 Å². The summed E-state index contributed by atoms with van der Waals surface area (Å²) in [6, 6.07) is 3.93. The van der Waals surface area contributed by atoms with Gasteiger partial charge < -0.3 is 15.6 Å². The molecule has 0 spiro atoms. The third kappa shape index (κ3) is 3.00. The first-order valence-electron chi connectivity index (χ1n) is 4.68. The van der Waals surface area contributed by atoms with Crippen LogP contribution in [-0.2, 0) is 9.53 Å². The molecule has 2 atom stereocenters. The third-order valence-corrected chi connectivity index (χ3v) is 1.89. The molecule has 0 aromatic carbocycles. The number of carbonyl (C=O) groups is 1. The number of pyridine rings is 1. The number of esters is 1. The quantitative estimate of drug-likeness (QED) is 0.683. The molecule has 0 aliphatic carbocycles. The minimum absolute atomic E-state index is 0.238. The Hall–Kier alpha value is -1.46. The van der Waals surface area contributed by atoms with Gasteiger partial charge in [0.25, 0.3) is 0 Å². The van der Waals surface area contributed by atoms with Crippen molar-refractivity contribution in [3.8, 4) is 0 Å². The molecule has 0 saturated heterocycles. The van der Waals surface area contributed by atoms with Gasteiger partial charge in [0.05, 0.1) is 12.3 Å². The Morgan fingerprint density at radius 2 is 2.40 bits per heavy atom. The van der Waals surface area contributed by atoms with Crippen molar-refractivity contribution in [1.82, 2.24) is 4.98 Å². The van der Waals surface area contributed by atoms with Crippen LogP contribution in [-0.4, -0.2) is 28.7 Å². The normalized spacial score (nSPS) is 14.3. The van der Waals surface area contributed by atoms with E-state index in [2.05, 4.69) is 4.98 Å². The Bertz CT molecular complexity index is 316. The Morgan fingerprint density at radius 3 is 2.93 bits per heavy atom. The second-order valence-electron chi connectivity index (χ2n) is 2.98. The molecule has 1 aromatic rings. The predicted octanol–water partition coefficient (Wildman–Crippen LogP) is 0.00540. The molecule has 0 amide bonds. The molecule has 0 fully saturated rings. The molecule has 0 bridgehead atoms. The topological polar surface area (TPSA) is 85.4 Å². The standard InChI is InChI=1S/C10H14N2O3/c1-2-15-10(14)8(11)9(13)7-5-3-4-6-12-7/h3-6,8-9,13H,2,11H2,1H3. The van der Waals surface area contributed by atoms with Crippen LogP contribution in [0.2, 0.25) is 0 Å². The average molecular weight is 210 g/mol. The van der Waals surface area contributed by atoms with Gasteiger partial charge in [-0.1, -0.05) is 6.07 Å². The minimum Gasteiger partial charge on any atom is -0.465 e. The van der Waals surface area contributed by atoms with Gasteiger partial charge in [-0.3, -0.25) is 9.78 Å². The Labute approximate surface area is 87.9 Å². The molecule has 82 valence electrons. The first-order chi connectivity index (χ1) is 7.16. The van der Waals surface area contributed by atoms with Crippen LogP contribution in [0.1, 0.15) is 18.7 Å². The maximum atomic E-state index is 11.2. The molecule has 1 aromatic heterocycles. The van der Waals surface area contributed by atoms with Crippen molar-refractivity contribution in [2.75, 3.05) is 6.61 Å². The van der Waals surface area contributed by atoms with Crippen LogP contribution in [0.25, 0.3) is 0 Å². The van der Waals surface area contributed by atoms with Gasteiger partial charge in [0.1, 0.15) is 12.1 Å². The fourth-order valence-electron chi connectivity index (χ4n) is 1.10. The summed E-state index contributed by atoms with van der Waals surface area (Å²) in [4.78, 5) is 15.1. The summed E-state index contributed by atoms with van der Waals surface area (Å²) in [7, 11) is 0. The van der Waals surface area contributed by atoms with Crippen molar-refractivity contribution in [2.24, 2.45) is 5.73 Å². The molecular formula is C10H14N2O3. The van der Waals surface area contributed by atoms with Gasteiger partial charge in [0.15, 0.2) is 0 Å². The van der Waals surface area contributed by atoms with Crippen LogP contribution in [0.3, 0.4) is 0 Å². The molecule has 3 N–H and O–H groups in total.